The van der Waals surface area contributed by atoms with E-state index in [4.69, 9.17) is 27.9 Å². The SMILES string of the molecule is COc1cc2c(Cl)nc(Cl)nc2cc1Br. The second-order valence-corrected chi connectivity index (χ2v) is 4.34. The van der Waals surface area contributed by atoms with Gasteiger partial charge in [-0.2, -0.15) is 0 Å². The maximum absolute atomic E-state index is 5.94. The quantitative estimate of drug-likeness (QED) is 0.595. The smallest absolute Gasteiger partial charge is 0.224 e. The number of nitrogens with zero attached hydrogens (tertiary/aromatic N) is 2. The van der Waals surface area contributed by atoms with Crippen LogP contribution in [0.5, 0.6) is 5.75 Å². The van der Waals surface area contributed by atoms with Gasteiger partial charge in [-0.1, -0.05) is 11.6 Å². The second kappa shape index (κ2) is 4.12. The molecule has 2 rings (SSSR count). The van der Waals surface area contributed by atoms with E-state index in [1.807, 2.05) is 0 Å². The van der Waals surface area contributed by atoms with Crippen LogP contribution >= 0.6 is 39.1 Å². The predicted molar refractivity (Wildman–Crippen MR) is 63.8 cm³/mol. The van der Waals surface area contributed by atoms with Crippen LogP contribution in [0.3, 0.4) is 0 Å². The first-order valence-electron chi connectivity index (χ1n) is 3.98. The summed E-state index contributed by atoms with van der Waals surface area (Å²) in [6.45, 7) is 0. The molecule has 0 bridgehead atoms. The minimum absolute atomic E-state index is 0.129. The molecule has 0 spiro atoms. The highest BCUT2D eigenvalue weighted by atomic mass is 79.9. The normalized spacial score (nSPS) is 10.7. The summed E-state index contributed by atoms with van der Waals surface area (Å²) in [5.41, 5.74) is 0.674. The first kappa shape index (κ1) is 10.9. The summed E-state index contributed by atoms with van der Waals surface area (Å²) in [5, 5.41) is 1.15. The van der Waals surface area contributed by atoms with Crippen molar-refractivity contribution in [2.45, 2.75) is 0 Å². The van der Waals surface area contributed by atoms with Gasteiger partial charge in [0, 0.05) is 5.39 Å². The molecule has 78 valence electrons. The van der Waals surface area contributed by atoms with E-state index >= 15 is 0 Å². The summed E-state index contributed by atoms with van der Waals surface area (Å²) in [7, 11) is 1.58. The molecule has 0 atom stereocenters. The Morgan fingerprint density at radius 2 is 2.00 bits per heavy atom. The third-order valence-corrected chi connectivity index (χ3v) is 2.97. The molecule has 2 aromatic rings. The number of rotatable bonds is 1. The van der Waals surface area contributed by atoms with Gasteiger partial charge in [0.05, 0.1) is 17.1 Å². The van der Waals surface area contributed by atoms with Crippen molar-refractivity contribution in [1.29, 1.82) is 0 Å². The van der Waals surface area contributed by atoms with Gasteiger partial charge < -0.3 is 4.74 Å². The number of hydrogen-bond donors (Lipinski definition) is 0. The summed E-state index contributed by atoms with van der Waals surface area (Å²) in [6, 6.07) is 3.55. The lowest BCUT2D eigenvalue weighted by atomic mass is 10.2. The van der Waals surface area contributed by atoms with Crippen molar-refractivity contribution in [2.75, 3.05) is 7.11 Å². The number of aromatic nitrogens is 2. The first-order chi connectivity index (χ1) is 7.11. The second-order valence-electron chi connectivity index (χ2n) is 2.79. The molecule has 3 nitrogen and oxygen atoms in total. The topological polar surface area (TPSA) is 35.0 Å². The molecule has 0 saturated heterocycles. The molecule has 1 aromatic heterocycles. The van der Waals surface area contributed by atoms with E-state index in [0.717, 1.165) is 4.47 Å². The fraction of sp³-hybridized carbons (Fsp3) is 0.111. The first-order valence-corrected chi connectivity index (χ1v) is 5.53. The Balaban J connectivity index is 2.81. The monoisotopic (exact) mass is 306 g/mol. The van der Waals surface area contributed by atoms with Gasteiger partial charge in [0.1, 0.15) is 10.9 Å². The van der Waals surface area contributed by atoms with E-state index in [1.54, 1.807) is 19.2 Å². The van der Waals surface area contributed by atoms with Crippen LogP contribution in [0, 0.1) is 0 Å². The molecule has 0 saturated carbocycles. The van der Waals surface area contributed by atoms with Gasteiger partial charge in [-0.25, -0.2) is 9.97 Å². The minimum Gasteiger partial charge on any atom is -0.496 e. The molecule has 15 heavy (non-hydrogen) atoms. The Hall–Kier alpha value is -0.580. The summed E-state index contributed by atoms with van der Waals surface area (Å²) in [6.07, 6.45) is 0. The van der Waals surface area contributed by atoms with Crippen molar-refractivity contribution in [3.8, 4) is 5.75 Å². The lowest BCUT2D eigenvalue weighted by molar-refractivity contribution is 0.413. The zero-order chi connectivity index (χ0) is 11.0. The maximum Gasteiger partial charge on any atom is 0.224 e. The van der Waals surface area contributed by atoms with E-state index in [2.05, 4.69) is 25.9 Å². The largest absolute Gasteiger partial charge is 0.496 e. The van der Waals surface area contributed by atoms with Gasteiger partial charge in [0.2, 0.25) is 5.28 Å². The van der Waals surface area contributed by atoms with E-state index < -0.39 is 0 Å². The molecule has 6 heteroatoms. The van der Waals surface area contributed by atoms with E-state index in [0.29, 0.717) is 21.8 Å². The zero-order valence-corrected chi connectivity index (χ0v) is 10.7. The molecule has 0 N–H and O–H groups in total. The predicted octanol–water partition coefficient (Wildman–Crippen LogP) is 3.71. The van der Waals surface area contributed by atoms with Gasteiger partial charge in [-0.05, 0) is 39.7 Å². The van der Waals surface area contributed by atoms with E-state index in [9.17, 15) is 0 Å². The lowest BCUT2D eigenvalue weighted by Crippen LogP contribution is -1.90. The fourth-order valence-electron chi connectivity index (χ4n) is 1.22. The van der Waals surface area contributed by atoms with Crippen LogP contribution in [0.1, 0.15) is 0 Å². The number of halogens is 3. The van der Waals surface area contributed by atoms with Gasteiger partial charge >= 0.3 is 0 Å². The summed E-state index contributed by atoms with van der Waals surface area (Å²) in [5.74, 6) is 0.676. The van der Waals surface area contributed by atoms with Gasteiger partial charge in [-0.3, -0.25) is 0 Å². The molecule has 0 radical (unpaired) electrons. The third kappa shape index (κ3) is 2.02. The highest BCUT2D eigenvalue weighted by molar-refractivity contribution is 9.10. The van der Waals surface area contributed by atoms with Crippen molar-refractivity contribution in [2.24, 2.45) is 0 Å². The molecule has 0 aliphatic rings. The molecule has 1 heterocycles. The van der Waals surface area contributed by atoms with Gasteiger partial charge in [-0.15, -0.1) is 0 Å². The standard InChI is InChI=1S/C9H5BrCl2N2O/c1-15-7-2-4-6(3-5(7)10)13-9(12)14-8(4)11/h2-3H,1H3. The van der Waals surface area contributed by atoms with Crippen molar-refractivity contribution in [3.05, 3.63) is 27.0 Å². The minimum atomic E-state index is 0.129. The number of fused-ring (bicyclic) bond motifs is 1. The Morgan fingerprint density at radius 3 is 2.67 bits per heavy atom. The fourth-order valence-corrected chi connectivity index (χ4v) is 2.17. The number of benzene rings is 1. The zero-order valence-electron chi connectivity index (χ0n) is 7.59. The van der Waals surface area contributed by atoms with Crippen molar-refractivity contribution in [3.63, 3.8) is 0 Å². The molecular formula is C9H5BrCl2N2O. The Bertz CT molecular complexity index is 533. The van der Waals surface area contributed by atoms with E-state index in [-0.39, 0.29) is 5.28 Å². The summed E-state index contributed by atoms with van der Waals surface area (Å²) < 4.78 is 5.94. The number of methoxy groups -OCH3 is 1. The van der Waals surface area contributed by atoms with Crippen LogP contribution in [-0.2, 0) is 0 Å². The van der Waals surface area contributed by atoms with Crippen LogP contribution < -0.4 is 4.74 Å². The lowest BCUT2D eigenvalue weighted by Gasteiger charge is -2.06. The van der Waals surface area contributed by atoms with E-state index in [1.165, 1.54) is 0 Å². The molecule has 0 amide bonds. The van der Waals surface area contributed by atoms with Crippen LogP contribution in [0.4, 0.5) is 0 Å². The summed E-state index contributed by atoms with van der Waals surface area (Å²) >= 11 is 15.0. The number of hydrogen-bond acceptors (Lipinski definition) is 3. The van der Waals surface area contributed by atoms with Crippen LogP contribution in [-0.4, -0.2) is 17.1 Å². The summed E-state index contributed by atoms with van der Waals surface area (Å²) in [4.78, 5) is 7.91. The number of ether oxygens (including phenoxy) is 1. The Labute approximate surface area is 105 Å². The highest BCUT2D eigenvalue weighted by Gasteiger charge is 2.09. The van der Waals surface area contributed by atoms with Crippen LogP contribution in [0.15, 0.2) is 16.6 Å². The maximum atomic E-state index is 5.94. The van der Waals surface area contributed by atoms with Crippen LogP contribution in [0.2, 0.25) is 10.4 Å². The average molecular weight is 308 g/mol. The van der Waals surface area contributed by atoms with Crippen LogP contribution in [0.25, 0.3) is 10.9 Å². The average Bonchev–Trinajstić information content (AvgIpc) is 2.16. The third-order valence-electron chi connectivity index (χ3n) is 1.90. The molecule has 0 aliphatic carbocycles. The van der Waals surface area contributed by atoms with Gasteiger partial charge in [0.15, 0.2) is 0 Å². The molecule has 1 aromatic carbocycles. The van der Waals surface area contributed by atoms with Crippen molar-refractivity contribution < 1.29 is 4.74 Å². The Morgan fingerprint density at radius 1 is 1.27 bits per heavy atom. The molecular weight excluding hydrogens is 303 g/mol. The van der Waals surface area contributed by atoms with Gasteiger partial charge in [0.25, 0.3) is 0 Å². The van der Waals surface area contributed by atoms with Crippen molar-refractivity contribution in [1.82, 2.24) is 9.97 Å². The molecule has 0 aliphatic heterocycles. The van der Waals surface area contributed by atoms with Crippen molar-refractivity contribution >= 4 is 50.0 Å². The Kier molecular flexibility index (Phi) is 3.00. The highest BCUT2D eigenvalue weighted by Crippen LogP contribution is 2.32. The molecule has 0 unspecified atom stereocenters. The molecule has 0 fully saturated rings.